The Balaban J connectivity index is 1.91. The molecule has 0 aliphatic rings. The van der Waals surface area contributed by atoms with Crippen LogP contribution < -0.4 is 0 Å². The minimum absolute atomic E-state index is 0.508. The van der Waals surface area contributed by atoms with Gasteiger partial charge in [0.1, 0.15) is 12.0 Å². The first-order valence-electron chi connectivity index (χ1n) is 6.76. The maximum absolute atomic E-state index is 12.6. The van der Waals surface area contributed by atoms with Gasteiger partial charge in [0, 0.05) is 10.0 Å². The molecule has 0 aliphatic carbocycles. The van der Waals surface area contributed by atoms with Gasteiger partial charge in [0.05, 0.1) is 5.56 Å². The van der Waals surface area contributed by atoms with E-state index in [2.05, 4.69) is 20.9 Å². The fraction of sp³-hybridized carbons (Fsp3) is 0.118. The molecule has 0 atom stereocenters. The lowest BCUT2D eigenvalue weighted by atomic mass is 9.97. The summed E-state index contributed by atoms with van der Waals surface area (Å²) in [5.41, 5.74) is 2.68. The van der Waals surface area contributed by atoms with Crippen LogP contribution in [-0.4, -0.2) is 4.98 Å². The van der Waals surface area contributed by atoms with Gasteiger partial charge in [-0.3, -0.25) is 0 Å². The van der Waals surface area contributed by atoms with Crippen LogP contribution in [0.25, 0.3) is 11.3 Å². The van der Waals surface area contributed by atoms with Crippen LogP contribution in [0.3, 0.4) is 0 Å². The average molecular weight is 382 g/mol. The van der Waals surface area contributed by atoms with E-state index in [0.29, 0.717) is 12.1 Å². The van der Waals surface area contributed by atoms with Crippen LogP contribution in [0.2, 0.25) is 0 Å². The molecule has 0 amide bonds. The highest BCUT2D eigenvalue weighted by Gasteiger charge is 2.29. The van der Waals surface area contributed by atoms with Crippen LogP contribution in [0.4, 0.5) is 13.2 Å². The lowest BCUT2D eigenvalue weighted by Gasteiger charge is -2.10. The molecule has 0 N–H and O–H groups in total. The van der Waals surface area contributed by atoms with Crippen molar-refractivity contribution in [1.82, 2.24) is 4.98 Å². The topological polar surface area (TPSA) is 26.0 Å². The third-order valence-electron chi connectivity index (χ3n) is 3.46. The molecule has 2 nitrogen and oxygen atoms in total. The zero-order valence-electron chi connectivity index (χ0n) is 11.8. The highest BCUT2D eigenvalue weighted by atomic mass is 79.9. The summed E-state index contributed by atoms with van der Waals surface area (Å²) in [6.07, 6.45) is -0.925. The van der Waals surface area contributed by atoms with E-state index in [4.69, 9.17) is 4.42 Å². The van der Waals surface area contributed by atoms with Gasteiger partial charge < -0.3 is 4.42 Å². The summed E-state index contributed by atoms with van der Waals surface area (Å²) in [5.74, 6) is 0. The van der Waals surface area contributed by atoms with E-state index in [0.717, 1.165) is 33.3 Å². The molecule has 0 fully saturated rings. The second kappa shape index (κ2) is 6.20. The summed E-state index contributed by atoms with van der Waals surface area (Å²) in [7, 11) is 0. The monoisotopic (exact) mass is 381 g/mol. The minimum Gasteiger partial charge on any atom is -0.451 e. The van der Waals surface area contributed by atoms with Crippen molar-refractivity contribution in [1.29, 1.82) is 0 Å². The standard InChI is InChI=1S/C17H11BrF3NO/c18-14-6-3-12(15(8-14)16-9-23-10-22-16)7-11-1-4-13(5-2-11)17(19,20)21/h1-6,8-10H,7H2. The summed E-state index contributed by atoms with van der Waals surface area (Å²) in [6, 6.07) is 10.9. The Morgan fingerprint density at radius 3 is 2.39 bits per heavy atom. The van der Waals surface area contributed by atoms with E-state index in [9.17, 15) is 13.2 Å². The number of benzene rings is 2. The molecule has 3 rings (SSSR count). The van der Waals surface area contributed by atoms with Crippen molar-refractivity contribution in [2.45, 2.75) is 12.6 Å². The number of hydrogen-bond donors (Lipinski definition) is 0. The fourth-order valence-electron chi connectivity index (χ4n) is 2.32. The Morgan fingerprint density at radius 2 is 1.78 bits per heavy atom. The number of alkyl halides is 3. The Bertz CT molecular complexity index is 796. The van der Waals surface area contributed by atoms with Crippen LogP contribution in [0.5, 0.6) is 0 Å². The number of aromatic nitrogens is 1. The first-order valence-corrected chi connectivity index (χ1v) is 7.56. The molecule has 0 aliphatic heterocycles. The summed E-state index contributed by atoms with van der Waals surface area (Å²) in [6.45, 7) is 0. The summed E-state index contributed by atoms with van der Waals surface area (Å²) >= 11 is 3.42. The molecule has 0 spiro atoms. The zero-order valence-corrected chi connectivity index (χ0v) is 13.4. The lowest BCUT2D eigenvalue weighted by Crippen LogP contribution is -2.04. The normalized spacial score (nSPS) is 11.7. The van der Waals surface area contributed by atoms with Crippen molar-refractivity contribution in [2.24, 2.45) is 0 Å². The smallest absolute Gasteiger partial charge is 0.416 e. The van der Waals surface area contributed by atoms with Gasteiger partial charge in [0.15, 0.2) is 6.39 Å². The summed E-state index contributed by atoms with van der Waals surface area (Å²) < 4.78 is 43.8. The predicted molar refractivity (Wildman–Crippen MR) is 83.9 cm³/mol. The average Bonchev–Trinajstić information content (AvgIpc) is 3.03. The molecule has 0 saturated heterocycles. The van der Waals surface area contributed by atoms with Crippen molar-refractivity contribution in [3.8, 4) is 11.3 Å². The summed E-state index contributed by atoms with van der Waals surface area (Å²) in [4.78, 5) is 4.14. The lowest BCUT2D eigenvalue weighted by molar-refractivity contribution is -0.137. The Labute approximate surface area is 139 Å². The van der Waals surface area contributed by atoms with Gasteiger partial charge in [-0.25, -0.2) is 4.98 Å². The van der Waals surface area contributed by atoms with Crippen LogP contribution in [0.1, 0.15) is 16.7 Å². The first-order chi connectivity index (χ1) is 10.9. The molecule has 0 unspecified atom stereocenters. The molecule has 0 radical (unpaired) electrons. The molecule has 0 saturated carbocycles. The highest BCUT2D eigenvalue weighted by molar-refractivity contribution is 9.10. The number of hydrogen-bond acceptors (Lipinski definition) is 2. The second-order valence-electron chi connectivity index (χ2n) is 5.05. The Hall–Kier alpha value is -2.08. The van der Waals surface area contributed by atoms with Gasteiger partial charge in [-0.05, 0) is 41.8 Å². The largest absolute Gasteiger partial charge is 0.451 e. The van der Waals surface area contributed by atoms with E-state index in [1.54, 1.807) is 0 Å². The van der Waals surface area contributed by atoms with E-state index >= 15 is 0 Å². The minimum atomic E-state index is -4.32. The van der Waals surface area contributed by atoms with Crippen molar-refractivity contribution < 1.29 is 17.6 Å². The number of nitrogens with zero attached hydrogens (tertiary/aromatic N) is 1. The molecule has 23 heavy (non-hydrogen) atoms. The predicted octanol–water partition coefficient (Wildman–Crippen LogP) is 5.71. The number of rotatable bonds is 3. The second-order valence-corrected chi connectivity index (χ2v) is 5.96. The van der Waals surface area contributed by atoms with Gasteiger partial charge in [0.2, 0.25) is 0 Å². The van der Waals surface area contributed by atoms with Gasteiger partial charge in [-0.2, -0.15) is 13.2 Å². The number of halogens is 4. The number of oxazole rings is 1. The van der Waals surface area contributed by atoms with Crippen molar-refractivity contribution in [2.75, 3.05) is 0 Å². The van der Waals surface area contributed by atoms with Crippen LogP contribution >= 0.6 is 15.9 Å². The van der Waals surface area contributed by atoms with E-state index in [-0.39, 0.29) is 0 Å². The summed E-state index contributed by atoms with van der Waals surface area (Å²) in [5, 5.41) is 0. The Kier molecular flexibility index (Phi) is 4.26. The quantitative estimate of drug-likeness (QED) is 0.580. The third-order valence-corrected chi connectivity index (χ3v) is 3.95. The van der Waals surface area contributed by atoms with Crippen LogP contribution in [-0.2, 0) is 12.6 Å². The van der Waals surface area contributed by atoms with Gasteiger partial charge in [-0.15, -0.1) is 0 Å². The van der Waals surface area contributed by atoms with Gasteiger partial charge in [-0.1, -0.05) is 34.1 Å². The van der Waals surface area contributed by atoms with E-state index in [1.807, 2.05) is 18.2 Å². The van der Waals surface area contributed by atoms with Crippen molar-refractivity contribution in [3.05, 3.63) is 76.3 Å². The van der Waals surface area contributed by atoms with Crippen LogP contribution in [0.15, 0.2) is 64.0 Å². The highest BCUT2D eigenvalue weighted by Crippen LogP contribution is 2.31. The fourth-order valence-corrected chi connectivity index (χ4v) is 2.68. The van der Waals surface area contributed by atoms with Gasteiger partial charge in [0.25, 0.3) is 0 Å². The molecule has 1 heterocycles. The maximum atomic E-state index is 12.6. The van der Waals surface area contributed by atoms with E-state index in [1.165, 1.54) is 24.8 Å². The molecule has 118 valence electrons. The van der Waals surface area contributed by atoms with Crippen molar-refractivity contribution in [3.63, 3.8) is 0 Å². The molecule has 3 aromatic rings. The molecule has 0 bridgehead atoms. The molecule has 1 aromatic heterocycles. The maximum Gasteiger partial charge on any atom is 0.416 e. The molecular weight excluding hydrogens is 371 g/mol. The third kappa shape index (κ3) is 3.64. The molecule has 6 heteroatoms. The molecule has 2 aromatic carbocycles. The van der Waals surface area contributed by atoms with Gasteiger partial charge >= 0.3 is 6.18 Å². The first kappa shape index (κ1) is 15.8. The Morgan fingerprint density at radius 1 is 1.04 bits per heavy atom. The van der Waals surface area contributed by atoms with Crippen LogP contribution in [0, 0.1) is 0 Å². The van der Waals surface area contributed by atoms with E-state index < -0.39 is 11.7 Å². The SMILES string of the molecule is FC(F)(F)c1ccc(Cc2ccc(Br)cc2-c2cocn2)cc1. The zero-order chi connectivity index (χ0) is 16.4. The van der Waals surface area contributed by atoms with Crippen molar-refractivity contribution >= 4 is 15.9 Å². The molecular formula is C17H11BrF3NO.